The van der Waals surface area contributed by atoms with Crippen LogP contribution < -0.4 is 14.9 Å². The molecule has 0 fully saturated rings. The molecule has 0 aliphatic rings. The highest BCUT2D eigenvalue weighted by Gasteiger charge is 2.31. The number of nitrogens with one attached hydrogen (secondary N) is 1. The van der Waals surface area contributed by atoms with Gasteiger partial charge in [-0.25, -0.2) is 14.5 Å². The summed E-state index contributed by atoms with van der Waals surface area (Å²) in [5.74, 6) is 0.500. The standard InChI is InChI=1S/C34H35F3N6O2S/c1-21(2)30-22(3)7-6-8-29(30)43-24(5)19-46-33(43)40-32(44)39-23(4)9-10-25-11-13-26(14-12-25)31-38-20-42(41-31)27-15-17-28(18-16-27)45-34(35,36)37/h6-8,11-21,23H,9-10H2,1-5H3,(H,39,44). The van der Waals surface area contributed by atoms with Gasteiger partial charge in [-0.15, -0.1) is 29.6 Å². The molecule has 5 rings (SSSR count). The molecule has 8 nitrogen and oxygen atoms in total. The summed E-state index contributed by atoms with van der Waals surface area (Å²) in [6, 6.07) is 19.0. The van der Waals surface area contributed by atoms with E-state index in [0.29, 0.717) is 22.2 Å². The van der Waals surface area contributed by atoms with E-state index in [4.69, 9.17) is 0 Å². The summed E-state index contributed by atoms with van der Waals surface area (Å²) >= 11 is 1.45. The Morgan fingerprint density at radius 2 is 1.74 bits per heavy atom. The second kappa shape index (κ2) is 13.7. The summed E-state index contributed by atoms with van der Waals surface area (Å²) in [7, 11) is 0. The molecule has 1 unspecified atom stereocenters. The van der Waals surface area contributed by atoms with Gasteiger partial charge < -0.3 is 10.1 Å². The Bertz CT molecular complexity index is 1870. The Morgan fingerprint density at radius 1 is 1.02 bits per heavy atom. The molecule has 46 heavy (non-hydrogen) atoms. The second-order valence-electron chi connectivity index (χ2n) is 11.4. The summed E-state index contributed by atoms with van der Waals surface area (Å²) in [4.78, 5) is 22.3. The molecule has 2 amide bonds. The largest absolute Gasteiger partial charge is 0.573 e. The van der Waals surface area contributed by atoms with Gasteiger partial charge in [0.15, 0.2) is 10.6 Å². The van der Waals surface area contributed by atoms with Gasteiger partial charge >= 0.3 is 12.4 Å². The fourth-order valence-corrected chi connectivity index (χ4v) is 6.17. The van der Waals surface area contributed by atoms with Gasteiger partial charge in [0.2, 0.25) is 0 Å². The SMILES string of the molecule is Cc1cccc(-n2c(C)csc2=NC(=O)NC(C)CCc2ccc(-c3ncn(-c4ccc(OC(F)(F)F)cc4)n3)cc2)c1C(C)C. The number of benzene rings is 3. The molecule has 0 saturated carbocycles. The van der Waals surface area contributed by atoms with E-state index < -0.39 is 6.36 Å². The van der Waals surface area contributed by atoms with Crippen molar-refractivity contribution in [3.05, 3.63) is 106 Å². The van der Waals surface area contributed by atoms with Crippen LogP contribution in [0.2, 0.25) is 0 Å². The van der Waals surface area contributed by atoms with Gasteiger partial charge in [0, 0.05) is 22.7 Å². The maximum absolute atomic E-state index is 12.9. The van der Waals surface area contributed by atoms with E-state index >= 15 is 0 Å². The number of carbonyl (C=O) groups excluding carboxylic acids is 1. The van der Waals surface area contributed by atoms with E-state index in [0.717, 1.165) is 35.3 Å². The van der Waals surface area contributed by atoms with Gasteiger partial charge in [0.05, 0.1) is 11.4 Å². The van der Waals surface area contributed by atoms with Crippen molar-refractivity contribution in [3.8, 4) is 28.5 Å². The highest BCUT2D eigenvalue weighted by molar-refractivity contribution is 7.07. The van der Waals surface area contributed by atoms with E-state index in [1.54, 1.807) is 0 Å². The first-order chi connectivity index (χ1) is 21.9. The first-order valence-electron chi connectivity index (χ1n) is 14.9. The Labute approximate surface area is 269 Å². The van der Waals surface area contributed by atoms with Crippen molar-refractivity contribution >= 4 is 17.4 Å². The lowest BCUT2D eigenvalue weighted by Gasteiger charge is -2.18. The van der Waals surface area contributed by atoms with Crippen LogP contribution in [-0.4, -0.2) is 37.8 Å². The molecule has 1 atom stereocenters. The minimum atomic E-state index is -4.75. The number of hydrogen-bond acceptors (Lipinski definition) is 5. The molecular formula is C34H35F3N6O2S. The van der Waals surface area contributed by atoms with Gasteiger partial charge in [-0.3, -0.25) is 4.57 Å². The molecule has 1 N–H and O–H groups in total. The normalized spacial score (nSPS) is 12.8. The molecule has 2 heterocycles. The highest BCUT2D eigenvalue weighted by atomic mass is 32.1. The van der Waals surface area contributed by atoms with Crippen LogP contribution in [0.15, 0.2) is 83.4 Å². The molecular weight excluding hydrogens is 613 g/mol. The van der Waals surface area contributed by atoms with E-state index in [1.807, 2.05) is 49.6 Å². The zero-order valence-corrected chi connectivity index (χ0v) is 27.0. The van der Waals surface area contributed by atoms with Gasteiger partial charge in [0.1, 0.15) is 12.1 Å². The van der Waals surface area contributed by atoms with Crippen LogP contribution >= 0.6 is 11.3 Å². The lowest BCUT2D eigenvalue weighted by molar-refractivity contribution is -0.274. The van der Waals surface area contributed by atoms with Crippen molar-refractivity contribution in [2.24, 2.45) is 4.99 Å². The summed E-state index contributed by atoms with van der Waals surface area (Å²) in [5, 5.41) is 9.47. The number of ether oxygens (including phenoxy) is 1. The fraction of sp³-hybridized carbons (Fsp3) is 0.294. The first kappa shape index (κ1) is 32.7. The molecule has 3 aromatic carbocycles. The number of carbonyl (C=O) groups is 1. The van der Waals surface area contributed by atoms with E-state index in [9.17, 15) is 18.0 Å². The minimum absolute atomic E-state index is 0.0964. The summed E-state index contributed by atoms with van der Waals surface area (Å²) in [5.41, 5.74) is 6.96. The number of halogens is 3. The van der Waals surface area contributed by atoms with Crippen molar-refractivity contribution in [3.63, 3.8) is 0 Å². The minimum Gasteiger partial charge on any atom is -0.406 e. The number of hydrogen-bond donors (Lipinski definition) is 1. The Balaban J connectivity index is 1.19. The maximum atomic E-state index is 12.9. The van der Waals surface area contributed by atoms with Crippen molar-refractivity contribution in [1.82, 2.24) is 24.6 Å². The Morgan fingerprint density at radius 3 is 2.41 bits per heavy atom. The van der Waals surface area contributed by atoms with Gasteiger partial charge in [-0.1, -0.05) is 50.2 Å². The molecule has 240 valence electrons. The highest BCUT2D eigenvalue weighted by Crippen LogP contribution is 2.27. The van der Waals surface area contributed by atoms with Crippen molar-refractivity contribution in [2.45, 2.75) is 65.8 Å². The average molecular weight is 649 g/mol. The zero-order chi connectivity index (χ0) is 33.0. The summed E-state index contributed by atoms with van der Waals surface area (Å²) in [6.07, 6.45) is -1.78. The third kappa shape index (κ3) is 7.92. The lowest BCUT2D eigenvalue weighted by Crippen LogP contribution is -2.32. The first-order valence-corrected chi connectivity index (χ1v) is 15.8. The van der Waals surface area contributed by atoms with Crippen LogP contribution in [-0.2, 0) is 6.42 Å². The quantitative estimate of drug-likeness (QED) is 0.175. The average Bonchev–Trinajstić information content (AvgIpc) is 3.62. The maximum Gasteiger partial charge on any atom is 0.573 e. The molecule has 0 spiro atoms. The van der Waals surface area contributed by atoms with Gasteiger partial charge in [-0.2, -0.15) is 4.99 Å². The molecule has 0 aliphatic heterocycles. The smallest absolute Gasteiger partial charge is 0.406 e. The molecule has 2 aromatic heterocycles. The monoisotopic (exact) mass is 648 g/mol. The van der Waals surface area contributed by atoms with Gasteiger partial charge in [0.25, 0.3) is 0 Å². The zero-order valence-electron chi connectivity index (χ0n) is 26.2. The van der Waals surface area contributed by atoms with E-state index in [1.165, 1.54) is 57.7 Å². The molecule has 0 saturated heterocycles. The molecule has 0 bridgehead atoms. The van der Waals surface area contributed by atoms with E-state index in [-0.39, 0.29) is 17.8 Å². The summed E-state index contributed by atoms with van der Waals surface area (Å²) < 4.78 is 44.7. The summed E-state index contributed by atoms with van der Waals surface area (Å²) in [6.45, 7) is 10.4. The van der Waals surface area contributed by atoms with Crippen LogP contribution in [0.4, 0.5) is 18.0 Å². The van der Waals surface area contributed by atoms with Crippen LogP contribution in [0.25, 0.3) is 22.8 Å². The number of nitrogens with zero attached hydrogens (tertiary/aromatic N) is 5. The number of aromatic nitrogens is 4. The predicted octanol–water partition coefficient (Wildman–Crippen LogP) is 8.06. The van der Waals surface area contributed by atoms with Crippen molar-refractivity contribution in [1.29, 1.82) is 0 Å². The topological polar surface area (TPSA) is 86.3 Å². The Kier molecular flexibility index (Phi) is 9.76. The van der Waals surface area contributed by atoms with Crippen LogP contribution in [0.1, 0.15) is 55.5 Å². The number of rotatable bonds is 9. The van der Waals surface area contributed by atoms with Crippen LogP contribution in [0.3, 0.4) is 0 Å². The molecule has 0 radical (unpaired) electrons. The van der Waals surface area contributed by atoms with Crippen molar-refractivity contribution < 1.29 is 22.7 Å². The lowest BCUT2D eigenvalue weighted by atomic mass is 9.96. The third-order valence-electron chi connectivity index (χ3n) is 7.47. The number of amides is 2. The predicted molar refractivity (Wildman–Crippen MR) is 173 cm³/mol. The molecule has 5 aromatic rings. The van der Waals surface area contributed by atoms with Crippen LogP contribution in [0, 0.1) is 13.8 Å². The molecule has 0 aliphatic carbocycles. The van der Waals surface area contributed by atoms with Crippen LogP contribution in [0.5, 0.6) is 5.75 Å². The van der Waals surface area contributed by atoms with Crippen molar-refractivity contribution in [2.75, 3.05) is 0 Å². The fourth-order valence-electron chi connectivity index (χ4n) is 5.30. The number of thiazole rings is 1. The van der Waals surface area contributed by atoms with Gasteiger partial charge in [-0.05, 0) is 86.6 Å². The number of urea groups is 1. The number of alkyl halides is 3. The Hall–Kier alpha value is -4.71. The third-order valence-corrected chi connectivity index (χ3v) is 8.41. The van der Waals surface area contributed by atoms with E-state index in [2.05, 4.69) is 62.6 Å². The second-order valence-corrected chi connectivity index (χ2v) is 12.2. The molecule has 12 heteroatoms. The number of aryl methyl sites for hydroxylation is 3.